The Bertz CT molecular complexity index is 383. The Morgan fingerprint density at radius 1 is 1.73 bits per heavy atom. The van der Waals surface area contributed by atoms with Gasteiger partial charge in [-0.25, -0.2) is 4.42 Å². The van der Waals surface area contributed by atoms with Gasteiger partial charge in [0.1, 0.15) is 6.04 Å². The van der Waals surface area contributed by atoms with Gasteiger partial charge in [0, 0.05) is 24.9 Å². The van der Waals surface area contributed by atoms with Crippen LogP contribution < -0.4 is 0 Å². The molecular formula is C10H11ClN2O2. The van der Waals surface area contributed by atoms with Gasteiger partial charge in [-0.1, -0.05) is 6.07 Å². The molecule has 1 atom stereocenters. The van der Waals surface area contributed by atoms with E-state index >= 15 is 0 Å². The number of methoxy groups -OCH3 is 1. The normalized spacial score (nSPS) is 20.8. The first-order chi connectivity index (χ1) is 7.22. The van der Waals surface area contributed by atoms with Gasteiger partial charge in [0.25, 0.3) is 0 Å². The van der Waals surface area contributed by atoms with Crippen molar-refractivity contribution in [1.29, 1.82) is 0 Å². The molecule has 1 aromatic rings. The fourth-order valence-electron chi connectivity index (χ4n) is 1.69. The predicted molar refractivity (Wildman–Crippen MR) is 55.1 cm³/mol. The average molecular weight is 227 g/mol. The predicted octanol–water partition coefficient (Wildman–Crippen LogP) is 1.14. The number of rotatable bonds is 1. The lowest BCUT2D eigenvalue weighted by molar-refractivity contribution is -0.145. The number of nitrogens with zero attached hydrogens (tertiary/aromatic N) is 2. The Morgan fingerprint density at radius 2 is 2.53 bits per heavy atom. The van der Waals surface area contributed by atoms with Gasteiger partial charge in [-0.3, -0.25) is 9.78 Å². The zero-order valence-electron chi connectivity index (χ0n) is 8.31. The van der Waals surface area contributed by atoms with Crippen LogP contribution in [0.5, 0.6) is 0 Å². The Labute approximate surface area is 92.9 Å². The quantitative estimate of drug-likeness (QED) is 0.532. The molecule has 0 fully saturated rings. The van der Waals surface area contributed by atoms with E-state index in [0.29, 0.717) is 13.0 Å². The summed E-state index contributed by atoms with van der Waals surface area (Å²) in [7, 11) is 1.36. The number of fused-ring (bicyclic) bond motifs is 1. The highest BCUT2D eigenvalue weighted by Crippen LogP contribution is 2.23. The maximum absolute atomic E-state index is 11.4. The number of hydrogen-bond donors (Lipinski definition) is 0. The molecule has 0 amide bonds. The molecule has 4 nitrogen and oxygen atoms in total. The second-order valence-corrected chi connectivity index (χ2v) is 3.84. The highest BCUT2D eigenvalue weighted by molar-refractivity contribution is 6.14. The fraction of sp³-hybridized carbons (Fsp3) is 0.400. The van der Waals surface area contributed by atoms with Crippen LogP contribution in [0.15, 0.2) is 18.3 Å². The number of ether oxygens (including phenoxy) is 1. The summed E-state index contributed by atoms with van der Waals surface area (Å²) in [6.45, 7) is 0.518. The van der Waals surface area contributed by atoms with Gasteiger partial charge >= 0.3 is 5.97 Å². The van der Waals surface area contributed by atoms with E-state index in [-0.39, 0.29) is 5.97 Å². The molecule has 0 N–H and O–H groups in total. The SMILES string of the molecule is COC(=O)C1Cc2ncccc2CN1Cl. The molecule has 15 heavy (non-hydrogen) atoms. The van der Waals surface area contributed by atoms with E-state index < -0.39 is 6.04 Å². The van der Waals surface area contributed by atoms with Gasteiger partial charge in [-0.15, -0.1) is 0 Å². The average Bonchev–Trinajstić information content (AvgIpc) is 2.27. The molecule has 80 valence electrons. The van der Waals surface area contributed by atoms with E-state index in [2.05, 4.69) is 9.72 Å². The largest absolute Gasteiger partial charge is 0.468 e. The summed E-state index contributed by atoms with van der Waals surface area (Å²) in [5.41, 5.74) is 1.98. The zero-order chi connectivity index (χ0) is 10.8. The second kappa shape index (κ2) is 4.16. The van der Waals surface area contributed by atoms with Crippen molar-refractivity contribution < 1.29 is 9.53 Å². The highest BCUT2D eigenvalue weighted by Gasteiger charge is 2.31. The Hall–Kier alpha value is -1.13. The number of carbonyl (C=O) groups is 1. The third kappa shape index (κ3) is 1.96. The van der Waals surface area contributed by atoms with E-state index in [1.807, 2.05) is 12.1 Å². The molecule has 0 bridgehead atoms. The van der Waals surface area contributed by atoms with E-state index in [0.717, 1.165) is 11.3 Å². The van der Waals surface area contributed by atoms with Crippen LogP contribution in [-0.4, -0.2) is 28.5 Å². The van der Waals surface area contributed by atoms with Crippen molar-refractivity contribution in [3.8, 4) is 0 Å². The molecule has 1 aliphatic rings. The number of halogens is 1. The van der Waals surface area contributed by atoms with Crippen LogP contribution in [0, 0.1) is 0 Å². The summed E-state index contributed by atoms with van der Waals surface area (Å²) in [4.78, 5) is 15.6. The fourth-order valence-corrected chi connectivity index (χ4v) is 1.97. The zero-order valence-corrected chi connectivity index (χ0v) is 9.07. The molecule has 0 aromatic carbocycles. The number of esters is 1. The molecule has 0 radical (unpaired) electrons. The summed E-state index contributed by atoms with van der Waals surface area (Å²) < 4.78 is 6.15. The molecule has 0 saturated carbocycles. The van der Waals surface area contributed by atoms with Crippen molar-refractivity contribution in [3.63, 3.8) is 0 Å². The molecule has 1 aliphatic heterocycles. The molecule has 0 aliphatic carbocycles. The van der Waals surface area contributed by atoms with Crippen LogP contribution in [0.3, 0.4) is 0 Å². The minimum absolute atomic E-state index is 0.318. The Morgan fingerprint density at radius 3 is 3.27 bits per heavy atom. The smallest absolute Gasteiger partial charge is 0.324 e. The van der Waals surface area contributed by atoms with Crippen molar-refractivity contribution in [3.05, 3.63) is 29.6 Å². The Kier molecular flexibility index (Phi) is 2.88. The van der Waals surface area contributed by atoms with E-state index in [1.54, 1.807) is 6.20 Å². The molecule has 0 spiro atoms. The van der Waals surface area contributed by atoms with Crippen LogP contribution in [0.1, 0.15) is 11.3 Å². The molecular weight excluding hydrogens is 216 g/mol. The van der Waals surface area contributed by atoms with Gasteiger partial charge in [0.05, 0.1) is 7.11 Å². The van der Waals surface area contributed by atoms with Crippen molar-refractivity contribution >= 4 is 17.7 Å². The van der Waals surface area contributed by atoms with Crippen LogP contribution >= 0.6 is 11.8 Å². The first-order valence-electron chi connectivity index (χ1n) is 4.65. The lowest BCUT2D eigenvalue weighted by atomic mass is 10.0. The van der Waals surface area contributed by atoms with Crippen molar-refractivity contribution in [1.82, 2.24) is 9.40 Å². The minimum atomic E-state index is -0.431. The summed E-state index contributed by atoms with van der Waals surface area (Å²) in [5.74, 6) is -0.318. The summed E-state index contributed by atoms with van der Waals surface area (Å²) in [6, 6.07) is 3.40. The molecule has 2 rings (SSSR count). The third-order valence-corrected chi connectivity index (χ3v) is 2.86. The number of hydrogen-bond acceptors (Lipinski definition) is 4. The maximum atomic E-state index is 11.4. The molecule has 2 heterocycles. The minimum Gasteiger partial charge on any atom is -0.468 e. The molecule has 1 unspecified atom stereocenters. The van der Waals surface area contributed by atoms with Crippen LogP contribution in [0.25, 0.3) is 0 Å². The third-order valence-electron chi connectivity index (χ3n) is 2.50. The lowest BCUT2D eigenvalue weighted by Gasteiger charge is -2.28. The molecule has 5 heteroatoms. The van der Waals surface area contributed by atoms with Gasteiger partial charge in [-0.05, 0) is 23.4 Å². The van der Waals surface area contributed by atoms with Crippen molar-refractivity contribution in [2.24, 2.45) is 0 Å². The standard InChI is InChI=1S/C10H11ClN2O2/c1-15-10(14)9-5-8-7(6-13(9)11)3-2-4-12-8/h2-4,9H,5-6H2,1H3. The van der Waals surface area contributed by atoms with E-state index in [1.165, 1.54) is 11.5 Å². The summed E-state index contributed by atoms with van der Waals surface area (Å²) in [6.07, 6.45) is 2.23. The van der Waals surface area contributed by atoms with E-state index in [9.17, 15) is 4.79 Å². The molecule has 0 saturated heterocycles. The summed E-state index contributed by atoms with van der Waals surface area (Å²) in [5, 5.41) is 0. The topological polar surface area (TPSA) is 42.4 Å². The van der Waals surface area contributed by atoms with Crippen molar-refractivity contribution in [2.75, 3.05) is 7.11 Å². The van der Waals surface area contributed by atoms with Gasteiger partial charge in [0.15, 0.2) is 0 Å². The number of carbonyl (C=O) groups excluding carboxylic acids is 1. The summed E-state index contributed by atoms with van der Waals surface area (Å²) >= 11 is 5.99. The van der Waals surface area contributed by atoms with Gasteiger partial charge in [-0.2, -0.15) is 0 Å². The van der Waals surface area contributed by atoms with E-state index in [4.69, 9.17) is 11.8 Å². The Balaban J connectivity index is 2.25. The van der Waals surface area contributed by atoms with Crippen molar-refractivity contribution in [2.45, 2.75) is 19.0 Å². The highest BCUT2D eigenvalue weighted by atomic mass is 35.5. The van der Waals surface area contributed by atoms with Crippen LogP contribution in [-0.2, 0) is 22.5 Å². The van der Waals surface area contributed by atoms with Gasteiger partial charge in [0.2, 0.25) is 0 Å². The van der Waals surface area contributed by atoms with Crippen LogP contribution in [0.2, 0.25) is 0 Å². The number of pyridine rings is 1. The maximum Gasteiger partial charge on any atom is 0.324 e. The lowest BCUT2D eigenvalue weighted by Crippen LogP contribution is -2.41. The monoisotopic (exact) mass is 226 g/mol. The number of aromatic nitrogens is 1. The van der Waals surface area contributed by atoms with Gasteiger partial charge < -0.3 is 4.74 Å². The second-order valence-electron chi connectivity index (χ2n) is 3.41. The first kappa shape index (κ1) is 10.4. The first-order valence-corrected chi connectivity index (χ1v) is 4.99. The van der Waals surface area contributed by atoms with Crippen LogP contribution in [0.4, 0.5) is 0 Å². The molecule has 1 aromatic heterocycles.